The Hall–Kier alpha value is -3.29. The number of fused-ring (bicyclic) bond motifs is 2. The van der Waals surface area contributed by atoms with Crippen molar-refractivity contribution < 1.29 is 13.2 Å². The Kier molecular flexibility index (Phi) is 5.22. The van der Waals surface area contributed by atoms with Crippen LogP contribution in [-0.2, 0) is 6.18 Å². The number of H-pyrrole nitrogens is 1. The molecule has 1 aliphatic heterocycles. The number of hydrogen-bond acceptors (Lipinski definition) is 5. The molecule has 4 heterocycles. The lowest BCUT2D eigenvalue weighted by atomic mass is 9.91. The van der Waals surface area contributed by atoms with Gasteiger partial charge in [-0.3, -0.25) is 4.40 Å². The average molecular weight is 488 g/mol. The molecule has 1 atom stereocenters. The summed E-state index contributed by atoms with van der Waals surface area (Å²) in [5.74, 6) is 0.272. The summed E-state index contributed by atoms with van der Waals surface area (Å²) in [5, 5.41) is 16.6. The number of aromatic amines is 1. The summed E-state index contributed by atoms with van der Waals surface area (Å²) in [6.45, 7) is 4.88. The first-order chi connectivity index (χ1) is 16.1. The first-order valence-corrected chi connectivity index (χ1v) is 11.1. The van der Waals surface area contributed by atoms with Gasteiger partial charge in [0, 0.05) is 47.7 Å². The lowest BCUT2D eigenvalue weighted by molar-refractivity contribution is -0.141. The van der Waals surface area contributed by atoms with E-state index in [0.29, 0.717) is 17.4 Å². The van der Waals surface area contributed by atoms with Crippen LogP contribution in [0.15, 0.2) is 30.7 Å². The average Bonchev–Trinajstić information content (AvgIpc) is 3.42. The maximum atomic E-state index is 14.3. The van der Waals surface area contributed by atoms with Crippen LogP contribution < -0.4 is 10.6 Å². The zero-order valence-electron chi connectivity index (χ0n) is 18.4. The Morgan fingerprint density at radius 3 is 2.79 bits per heavy atom. The molecule has 0 spiro atoms. The van der Waals surface area contributed by atoms with E-state index in [2.05, 4.69) is 39.4 Å². The molecule has 1 aliphatic rings. The molecule has 1 aromatic carbocycles. The Bertz CT molecular complexity index is 1440. The van der Waals surface area contributed by atoms with Crippen LogP contribution in [-0.4, -0.2) is 37.5 Å². The lowest BCUT2D eigenvalue weighted by Gasteiger charge is -2.36. The molecule has 0 aliphatic carbocycles. The van der Waals surface area contributed by atoms with Crippen LogP contribution in [0, 0.1) is 11.3 Å². The Labute approximate surface area is 198 Å². The van der Waals surface area contributed by atoms with Gasteiger partial charge in [-0.25, -0.2) is 9.97 Å². The summed E-state index contributed by atoms with van der Waals surface area (Å²) >= 11 is 6.30. The summed E-state index contributed by atoms with van der Waals surface area (Å²) < 4.78 is 44.0. The van der Waals surface area contributed by atoms with E-state index < -0.39 is 11.9 Å². The highest BCUT2D eigenvalue weighted by atomic mass is 35.5. The van der Waals surface area contributed by atoms with E-state index >= 15 is 0 Å². The monoisotopic (exact) mass is 487 g/mol. The topological polar surface area (TPSA) is 93.8 Å². The fourth-order valence-corrected chi connectivity index (χ4v) is 4.69. The van der Waals surface area contributed by atoms with E-state index in [0.717, 1.165) is 17.2 Å². The second kappa shape index (κ2) is 7.89. The number of benzene rings is 1. The van der Waals surface area contributed by atoms with Crippen molar-refractivity contribution in [2.75, 3.05) is 11.9 Å². The lowest BCUT2D eigenvalue weighted by Crippen LogP contribution is -2.50. The van der Waals surface area contributed by atoms with Gasteiger partial charge in [-0.1, -0.05) is 17.7 Å². The first kappa shape index (κ1) is 22.5. The van der Waals surface area contributed by atoms with Gasteiger partial charge in [0.2, 0.25) is 0 Å². The third-order valence-electron chi connectivity index (χ3n) is 6.26. The summed E-state index contributed by atoms with van der Waals surface area (Å²) in [6, 6.07) is 5.03. The number of nitrogens with one attached hydrogen (secondary N) is 3. The summed E-state index contributed by atoms with van der Waals surface area (Å²) in [7, 11) is 0. The van der Waals surface area contributed by atoms with Crippen molar-refractivity contribution in [3.8, 4) is 17.3 Å². The fraction of sp³-hybridized carbons (Fsp3) is 0.348. The van der Waals surface area contributed by atoms with Crippen molar-refractivity contribution >= 4 is 34.0 Å². The molecule has 3 N–H and O–H groups in total. The van der Waals surface area contributed by atoms with Crippen molar-refractivity contribution in [2.24, 2.45) is 0 Å². The van der Waals surface area contributed by atoms with Gasteiger partial charge in [0.15, 0.2) is 17.2 Å². The van der Waals surface area contributed by atoms with Crippen LogP contribution in [0.2, 0.25) is 5.02 Å². The summed E-state index contributed by atoms with van der Waals surface area (Å²) in [5.41, 5.74) is -0.242. The summed E-state index contributed by atoms with van der Waals surface area (Å²) in [4.78, 5) is 11.5. The minimum Gasteiger partial charge on any atom is -0.363 e. The van der Waals surface area contributed by atoms with Gasteiger partial charge in [0.25, 0.3) is 0 Å². The minimum atomic E-state index is -4.70. The zero-order valence-corrected chi connectivity index (χ0v) is 19.1. The van der Waals surface area contributed by atoms with Gasteiger partial charge in [-0.05, 0) is 32.8 Å². The number of aromatic nitrogens is 4. The third-order valence-corrected chi connectivity index (χ3v) is 6.66. The van der Waals surface area contributed by atoms with Gasteiger partial charge >= 0.3 is 6.18 Å². The molecule has 1 saturated heterocycles. The Balaban J connectivity index is 1.69. The second-order valence-corrected chi connectivity index (χ2v) is 9.46. The standard InChI is InChI=1S/C23H21ClF3N7/c1-22(2)6-5-13(10-31-22)32-20-21-29-7-8-34(21)19(23(25,26)27)18(33-20)15-11-30-17-14(15)4-3-12(9-28)16(17)24/h3-4,7-8,11,13,30-31H,5-6,10H2,1-2H3,(H,32,33)/t13-/m0/s1. The second-order valence-electron chi connectivity index (χ2n) is 9.08. The van der Waals surface area contributed by atoms with Crippen molar-refractivity contribution in [1.29, 1.82) is 5.26 Å². The van der Waals surface area contributed by atoms with Crippen molar-refractivity contribution in [3.05, 3.63) is 47.0 Å². The highest BCUT2D eigenvalue weighted by Crippen LogP contribution is 2.41. The number of rotatable bonds is 3. The van der Waals surface area contributed by atoms with E-state index in [1.165, 1.54) is 24.7 Å². The Morgan fingerprint density at radius 1 is 1.32 bits per heavy atom. The van der Waals surface area contributed by atoms with Gasteiger partial charge in [-0.2, -0.15) is 18.4 Å². The zero-order chi connectivity index (χ0) is 24.3. The first-order valence-electron chi connectivity index (χ1n) is 10.7. The van der Waals surface area contributed by atoms with Gasteiger partial charge in [0.05, 0.1) is 16.1 Å². The molecule has 3 aromatic heterocycles. The molecule has 7 nitrogen and oxygen atoms in total. The molecule has 4 aromatic rings. The fourth-order valence-electron chi connectivity index (χ4n) is 4.43. The maximum absolute atomic E-state index is 14.3. The molecule has 0 bridgehead atoms. The van der Waals surface area contributed by atoms with Gasteiger partial charge in [0.1, 0.15) is 11.8 Å². The Morgan fingerprint density at radius 2 is 2.12 bits per heavy atom. The quantitative estimate of drug-likeness (QED) is 0.361. The van der Waals surface area contributed by atoms with Gasteiger partial charge in [-0.15, -0.1) is 0 Å². The van der Waals surface area contributed by atoms with Crippen LogP contribution in [0.5, 0.6) is 0 Å². The van der Waals surface area contributed by atoms with Crippen molar-refractivity contribution in [1.82, 2.24) is 24.7 Å². The molecular weight excluding hydrogens is 467 g/mol. The number of nitriles is 1. The highest BCUT2D eigenvalue weighted by Gasteiger charge is 2.39. The largest absolute Gasteiger partial charge is 0.433 e. The molecule has 0 amide bonds. The molecule has 0 unspecified atom stereocenters. The number of halogens is 4. The molecule has 1 fully saturated rings. The van der Waals surface area contributed by atoms with E-state index in [-0.39, 0.29) is 44.9 Å². The number of hydrogen-bond donors (Lipinski definition) is 3. The number of nitrogens with zero attached hydrogens (tertiary/aromatic N) is 4. The molecule has 0 saturated carbocycles. The van der Waals surface area contributed by atoms with Crippen LogP contribution in [0.25, 0.3) is 27.8 Å². The summed E-state index contributed by atoms with van der Waals surface area (Å²) in [6.07, 6.45) is 1.10. The number of anilines is 1. The van der Waals surface area contributed by atoms with Crippen LogP contribution in [0.4, 0.5) is 19.0 Å². The van der Waals surface area contributed by atoms with E-state index in [1.807, 2.05) is 6.07 Å². The van der Waals surface area contributed by atoms with Crippen LogP contribution in [0.1, 0.15) is 37.9 Å². The molecule has 5 rings (SSSR count). The molecule has 11 heteroatoms. The minimum absolute atomic E-state index is 0.00508. The highest BCUT2D eigenvalue weighted by molar-refractivity contribution is 6.36. The molecular formula is C23H21ClF3N7. The maximum Gasteiger partial charge on any atom is 0.433 e. The predicted octanol–water partition coefficient (Wildman–Crippen LogP) is 5.36. The predicted molar refractivity (Wildman–Crippen MR) is 124 cm³/mol. The number of alkyl halides is 3. The number of imidazole rings is 1. The van der Waals surface area contributed by atoms with Gasteiger partial charge < -0.3 is 15.6 Å². The third kappa shape index (κ3) is 3.75. The molecule has 34 heavy (non-hydrogen) atoms. The van der Waals surface area contributed by atoms with E-state index in [1.54, 1.807) is 6.07 Å². The number of piperidine rings is 1. The molecule has 0 radical (unpaired) electrons. The molecule has 176 valence electrons. The van der Waals surface area contributed by atoms with E-state index in [4.69, 9.17) is 11.6 Å². The SMILES string of the molecule is CC1(C)CC[C@H](Nc2nc(-c3c[nH]c4c(Cl)c(C#N)ccc34)c(C(F)(F)F)n3ccnc23)CN1. The van der Waals surface area contributed by atoms with Crippen LogP contribution in [0.3, 0.4) is 0 Å². The smallest absolute Gasteiger partial charge is 0.363 e. The van der Waals surface area contributed by atoms with Crippen molar-refractivity contribution in [3.63, 3.8) is 0 Å². The van der Waals surface area contributed by atoms with E-state index in [9.17, 15) is 18.4 Å². The van der Waals surface area contributed by atoms with Crippen LogP contribution >= 0.6 is 11.6 Å². The normalized spacial score (nSPS) is 18.3. The van der Waals surface area contributed by atoms with Crippen molar-refractivity contribution in [2.45, 2.75) is 44.4 Å².